The van der Waals surface area contributed by atoms with E-state index in [0.717, 1.165) is 5.56 Å². The van der Waals surface area contributed by atoms with Crippen LogP contribution in [-0.4, -0.2) is 20.0 Å². The van der Waals surface area contributed by atoms with E-state index in [9.17, 15) is 4.79 Å². The van der Waals surface area contributed by atoms with E-state index in [1.54, 1.807) is 20.3 Å². The number of rotatable bonds is 4. The van der Waals surface area contributed by atoms with Gasteiger partial charge < -0.3 is 9.47 Å². The smallest absolute Gasteiger partial charge is 0.183 e. The Balaban J connectivity index is 3.11. The Kier molecular flexibility index (Phi) is 3.80. The van der Waals surface area contributed by atoms with E-state index in [1.807, 2.05) is 18.2 Å². The van der Waals surface area contributed by atoms with Crippen LogP contribution in [0.1, 0.15) is 29.1 Å². The molecule has 0 fully saturated rings. The maximum atomic E-state index is 11.3. The standard InChI is InChI=1S/C11H14O3/c1-8(12)9-6-4-5-7-10(9)11(13-2)14-3/h4-7,11H,1-3H3. The van der Waals surface area contributed by atoms with Crippen LogP contribution in [0.3, 0.4) is 0 Å². The van der Waals surface area contributed by atoms with Crippen molar-refractivity contribution in [1.29, 1.82) is 0 Å². The van der Waals surface area contributed by atoms with Gasteiger partial charge in [0.05, 0.1) is 0 Å². The second-order valence-electron chi connectivity index (χ2n) is 2.95. The average molecular weight is 194 g/mol. The molecule has 0 saturated carbocycles. The molecule has 0 aliphatic heterocycles. The highest BCUT2D eigenvalue weighted by atomic mass is 16.7. The zero-order valence-corrected chi connectivity index (χ0v) is 8.61. The molecule has 3 heteroatoms. The molecule has 0 amide bonds. The van der Waals surface area contributed by atoms with E-state index in [1.165, 1.54) is 6.92 Å². The summed E-state index contributed by atoms with van der Waals surface area (Å²) >= 11 is 0. The minimum atomic E-state index is -0.477. The third-order valence-corrected chi connectivity index (χ3v) is 2.02. The zero-order chi connectivity index (χ0) is 10.6. The van der Waals surface area contributed by atoms with Gasteiger partial charge in [0.25, 0.3) is 0 Å². The first-order chi connectivity index (χ1) is 6.70. The second-order valence-corrected chi connectivity index (χ2v) is 2.95. The fraction of sp³-hybridized carbons (Fsp3) is 0.364. The van der Waals surface area contributed by atoms with Gasteiger partial charge in [-0.25, -0.2) is 0 Å². The molecule has 1 aromatic carbocycles. The first kappa shape index (κ1) is 10.9. The molecular weight excluding hydrogens is 180 g/mol. The summed E-state index contributed by atoms with van der Waals surface area (Å²) in [4.78, 5) is 11.3. The highest BCUT2D eigenvalue weighted by molar-refractivity contribution is 5.95. The summed E-state index contributed by atoms with van der Waals surface area (Å²) in [5.74, 6) is 0.0136. The van der Waals surface area contributed by atoms with Gasteiger partial charge in [0.2, 0.25) is 0 Å². The number of hydrogen-bond donors (Lipinski definition) is 0. The Morgan fingerprint density at radius 2 is 1.79 bits per heavy atom. The van der Waals surface area contributed by atoms with Crippen molar-refractivity contribution in [1.82, 2.24) is 0 Å². The number of benzene rings is 1. The topological polar surface area (TPSA) is 35.5 Å². The minimum absolute atomic E-state index is 0.0136. The highest BCUT2D eigenvalue weighted by Gasteiger charge is 2.15. The van der Waals surface area contributed by atoms with Gasteiger partial charge in [0.1, 0.15) is 0 Å². The molecule has 3 nitrogen and oxygen atoms in total. The van der Waals surface area contributed by atoms with Crippen molar-refractivity contribution in [3.05, 3.63) is 35.4 Å². The van der Waals surface area contributed by atoms with Crippen molar-refractivity contribution in [2.45, 2.75) is 13.2 Å². The van der Waals surface area contributed by atoms with Crippen LogP contribution >= 0.6 is 0 Å². The van der Waals surface area contributed by atoms with Gasteiger partial charge in [-0.3, -0.25) is 4.79 Å². The van der Waals surface area contributed by atoms with Gasteiger partial charge in [-0.1, -0.05) is 24.3 Å². The summed E-state index contributed by atoms with van der Waals surface area (Å²) in [6, 6.07) is 7.27. The predicted octanol–water partition coefficient (Wildman–Crippen LogP) is 2.18. The maximum Gasteiger partial charge on any atom is 0.183 e. The minimum Gasteiger partial charge on any atom is -0.352 e. The van der Waals surface area contributed by atoms with Crippen LogP contribution in [0.4, 0.5) is 0 Å². The van der Waals surface area contributed by atoms with Crippen LogP contribution in [-0.2, 0) is 9.47 Å². The Morgan fingerprint density at radius 3 is 2.29 bits per heavy atom. The van der Waals surface area contributed by atoms with Crippen molar-refractivity contribution in [2.24, 2.45) is 0 Å². The first-order valence-corrected chi connectivity index (χ1v) is 4.36. The average Bonchev–Trinajstić information content (AvgIpc) is 2.20. The maximum absolute atomic E-state index is 11.3. The largest absolute Gasteiger partial charge is 0.352 e. The van der Waals surface area contributed by atoms with E-state index in [0.29, 0.717) is 5.56 Å². The van der Waals surface area contributed by atoms with Crippen LogP contribution in [0, 0.1) is 0 Å². The Labute approximate surface area is 83.6 Å². The summed E-state index contributed by atoms with van der Waals surface area (Å²) in [5, 5.41) is 0. The number of methoxy groups -OCH3 is 2. The molecule has 0 spiro atoms. The molecule has 14 heavy (non-hydrogen) atoms. The van der Waals surface area contributed by atoms with Crippen molar-refractivity contribution < 1.29 is 14.3 Å². The summed E-state index contributed by atoms with van der Waals surface area (Å²) in [7, 11) is 3.09. The van der Waals surface area contributed by atoms with Gasteiger partial charge in [0, 0.05) is 25.3 Å². The molecule has 0 saturated heterocycles. The van der Waals surface area contributed by atoms with Crippen LogP contribution in [0.15, 0.2) is 24.3 Å². The van der Waals surface area contributed by atoms with Gasteiger partial charge in [-0.05, 0) is 6.92 Å². The molecule has 0 atom stereocenters. The molecule has 0 aliphatic carbocycles. The molecule has 1 aromatic rings. The fourth-order valence-electron chi connectivity index (χ4n) is 1.37. The van der Waals surface area contributed by atoms with Gasteiger partial charge >= 0.3 is 0 Å². The fourth-order valence-corrected chi connectivity index (χ4v) is 1.37. The van der Waals surface area contributed by atoms with Gasteiger partial charge in [-0.15, -0.1) is 0 Å². The monoisotopic (exact) mass is 194 g/mol. The van der Waals surface area contributed by atoms with E-state index >= 15 is 0 Å². The third kappa shape index (κ3) is 2.19. The number of ether oxygens (including phenoxy) is 2. The Morgan fingerprint density at radius 1 is 1.21 bits per heavy atom. The van der Waals surface area contributed by atoms with Crippen molar-refractivity contribution in [3.63, 3.8) is 0 Å². The van der Waals surface area contributed by atoms with Crippen molar-refractivity contribution in [2.75, 3.05) is 14.2 Å². The molecule has 1 rings (SSSR count). The molecule has 0 radical (unpaired) electrons. The lowest BCUT2D eigenvalue weighted by Crippen LogP contribution is -2.09. The Hall–Kier alpha value is -1.19. The van der Waals surface area contributed by atoms with Crippen molar-refractivity contribution in [3.8, 4) is 0 Å². The summed E-state index contributed by atoms with van der Waals surface area (Å²) in [6.07, 6.45) is -0.477. The Bertz CT molecular complexity index is 316. The number of Topliss-reactive ketones (excluding diaryl/α,β-unsaturated/α-hetero) is 1. The lowest BCUT2D eigenvalue weighted by atomic mass is 10.0. The van der Waals surface area contributed by atoms with Crippen LogP contribution in [0.25, 0.3) is 0 Å². The van der Waals surface area contributed by atoms with Crippen LogP contribution < -0.4 is 0 Å². The predicted molar refractivity (Wildman–Crippen MR) is 53.2 cm³/mol. The molecule has 0 bridgehead atoms. The van der Waals surface area contributed by atoms with E-state index in [4.69, 9.17) is 9.47 Å². The summed E-state index contributed by atoms with van der Waals surface area (Å²) < 4.78 is 10.2. The molecule has 0 unspecified atom stereocenters. The van der Waals surface area contributed by atoms with Crippen molar-refractivity contribution >= 4 is 5.78 Å². The van der Waals surface area contributed by atoms with Gasteiger partial charge in [0.15, 0.2) is 12.1 Å². The molecule has 0 aromatic heterocycles. The van der Waals surface area contributed by atoms with Crippen LogP contribution in [0.5, 0.6) is 0 Å². The normalized spacial score (nSPS) is 10.6. The van der Waals surface area contributed by atoms with E-state index < -0.39 is 6.29 Å². The lowest BCUT2D eigenvalue weighted by molar-refractivity contribution is -0.106. The highest BCUT2D eigenvalue weighted by Crippen LogP contribution is 2.21. The molecule has 0 aliphatic rings. The zero-order valence-electron chi connectivity index (χ0n) is 8.61. The molecule has 76 valence electrons. The summed E-state index contributed by atoms with van der Waals surface area (Å²) in [5.41, 5.74) is 1.41. The van der Waals surface area contributed by atoms with Crippen LogP contribution in [0.2, 0.25) is 0 Å². The summed E-state index contributed by atoms with van der Waals surface area (Å²) in [6.45, 7) is 1.53. The quantitative estimate of drug-likeness (QED) is 0.544. The first-order valence-electron chi connectivity index (χ1n) is 4.36. The number of hydrogen-bond acceptors (Lipinski definition) is 3. The van der Waals surface area contributed by atoms with E-state index in [-0.39, 0.29) is 5.78 Å². The molecule has 0 heterocycles. The van der Waals surface area contributed by atoms with E-state index in [2.05, 4.69) is 0 Å². The number of carbonyl (C=O) groups is 1. The number of ketones is 1. The van der Waals surface area contributed by atoms with Gasteiger partial charge in [-0.2, -0.15) is 0 Å². The number of carbonyl (C=O) groups excluding carboxylic acids is 1. The second kappa shape index (κ2) is 4.88. The lowest BCUT2D eigenvalue weighted by Gasteiger charge is -2.16. The third-order valence-electron chi connectivity index (χ3n) is 2.02. The molecule has 0 N–H and O–H groups in total. The molecular formula is C11H14O3. The SMILES string of the molecule is COC(OC)c1ccccc1C(C)=O.